The summed E-state index contributed by atoms with van der Waals surface area (Å²) >= 11 is 0. The molecule has 1 amide bonds. The van der Waals surface area contributed by atoms with Gasteiger partial charge in [0.2, 0.25) is 5.91 Å². The van der Waals surface area contributed by atoms with Crippen molar-refractivity contribution in [3.63, 3.8) is 0 Å². The second-order valence-electron chi connectivity index (χ2n) is 2.34. The molecule has 0 aliphatic heterocycles. The maximum atomic E-state index is 10.7. The first kappa shape index (κ1) is 13.6. The number of hydrogen-bond acceptors (Lipinski definition) is 3. The van der Waals surface area contributed by atoms with Crippen LogP contribution in [0, 0.1) is 0 Å². The van der Waals surface area contributed by atoms with Crippen molar-refractivity contribution in [2.45, 2.75) is 4.90 Å². The van der Waals surface area contributed by atoms with Crippen LogP contribution in [0.15, 0.2) is 29.2 Å². The summed E-state index contributed by atoms with van der Waals surface area (Å²) in [6.45, 7) is 0. The number of benzene rings is 1. The first-order valence-electron chi connectivity index (χ1n) is 3.29. The van der Waals surface area contributed by atoms with Gasteiger partial charge in [-0.1, -0.05) is 12.1 Å². The number of carbonyl (C=O) groups is 1. The Balaban J connectivity index is 0.00000169. The minimum absolute atomic E-state index is 0. The van der Waals surface area contributed by atoms with Gasteiger partial charge in [-0.15, -0.1) is 0 Å². The molecule has 0 radical (unpaired) electrons. The van der Waals surface area contributed by atoms with E-state index in [1.54, 1.807) is 0 Å². The van der Waals surface area contributed by atoms with Crippen LogP contribution < -0.4 is 5.73 Å². The Kier molecular flexibility index (Phi) is 4.76. The van der Waals surface area contributed by atoms with Gasteiger partial charge in [0.15, 0.2) is 0 Å². The summed E-state index contributed by atoms with van der Waals surface area (Å²) in [7, 11) is -4.38. The summed E-state index contributed by atoms with van der Waals surface area (Å²) in [5.74, 6) is -0.895. The second kappa shape index (κ2) is 4.90. The fourth-order valence-corrected chi connectivity index (χ4v) is 1.59. The zero-order valence-corrected chi connectivity index (χ0v) is 7.28. The molecule has 0 bridgehead atoms. The van der Waals surface area contributed by atoms with Crippen molar-refractivity contribution in [2.24, 2.45) is 5.73 Å². The summed E-state index contributed by atoms with van der Waals surface area (Å²) in [4.78, 5) is 10.2. The normalized spacial score (nSPS) is 10.4. The summed E-state index contributed by atoms with van der Waals surface area (Å²) in [6.07, 6.45) is 0. The van der Waals surface area contributed by atoms with Crippen LogP contribution in [0.5, 0.6) is 0 Å². The van der Waals surface area contributed by atoms with Crippen molar-refractivity contribution in [1.29, 1.82) is 0 Å². The van der Waals surface area contributed by atoms with Crippen LogP contribution in [-0.2, 0) is 10.1 Å². The second-order valence-corrected chi connectivity index (χ2v) is 3.73. The molecule has 14 heavy (non-hydrogen) atoms. The molecule has 0 aliphatic carbocycles. The SMILES string of the molecule is NC(=O)c1ccccc1S(=O)(=O)O.[NaH]. The van der Waals surface area contributed by atoms with Gasteiger partial charge in [0.25, 0.3) is 10.1 Å². The number of carbonyl (C=O) groups excluding carboxylic acids is 1. The van der Waals surface area contributed by atoms with Gasteiger partial charge in [-0.3, -0.25) is 9.35 Å². The third-order valence-corrected chi connectivity index (χ3v) is 2.34. The molecule has 0 atom stereocenters. The van der Waals surface area contributed by atoms with E-state index in [2.05, 4.69) is 0 Å². The van der Waals surface area contributed by atoms with Gasteiger partial charge < -0.3 is 5.73 Å². The van der Waals surface area contributed by atoms with Gasteiger partial charge in [-0.25, -0.2) is 0 Å². The van der Waals surface area contributed by atoms with Crippen LogP contribution in [0.2, 0.25) is 0 Å². The molecule has 0 heterocycles. The molecule has 0 aliphatic rings. The third kappa shape index (κ3) is 3.07. The van der Waals surface area contributed by atoms with Gasteiger partial charge >= 0.3 is 29.6 Å². The average molecular weight is 225 g/mol. The van der Waals surface area contributed by atoms with Gasteiger partial charge in [0.05, 0.1) is 5.56 Å². The molecule has 3 N–H and O–H groups in total. The molecule has 7 heteroatoms. The summed E-state index contributed by atoms with van der Waals surface area (Å²) in [5.41, 5.74) is 4.68. The van der Waals surface area contributed by atoms with Crippen molar-refractivity contribution >= 4 is 45.6 Å². The topological polar surface area (TPSA) is 97.5 Å². The van der Waals surface area contributed by atoms with Gasteiger partial charge in [-0.2, -0.15) is 8.42 Å². The average Bonchev–Trinajstić information content (AvgIpc) is 2.03. The van der Waals surface area contributed by atoms with E-state index in [1.807, 2.05) is 0 Å². The van der Waals surface area contributed by atoms with E-state index in [0.29, 0.717) is 0 Å². The summed E-state index contributed by atoms with van der Waals surface area (Å²) in [5, 5.41) is 0. The zero-order valence-electron chi connectivity index (χ0n) is 6.47. The first-order chi connectivity index (χ1) is 5.93. The Hall–Kier alpha value is -0.400. The fourth-order valence-electron chi connectivity index (χ4n) is 0.895. The molecule has 5 nitrogen and oxygen atoms in total. The fraction of sp³-hybridized carbons (Fsp3) is 0. The van der Waals surface area contributed by atoms with E-state index in [4.69, 9.17) is 10.3 Å². The van der Waals surface area contributed by atoms with E-state index in [0.717, 1.165) is 6.07 Å². The molecule has 0 aromatic heterocycles. The number of nitrogens with two attached hydrogens (primary N) is 1. The standard InChI is InChI=1S/C7H7NO4S.Na.H/c8-7(9)5-3-1-2-4-6(5)13(10,11)12;;/h1-4H,(H2,8,9)(H,10,11,12);;. The van der Waals surface area contributed by atoms with Gasteiger partial charge in [-0.05, 0) is 12.1 Å². The van der Waals surface area contributed by atoms with Crippen molar-refractivity contribution in [3.8, 4) is 0 Å². The molecule has 1 rings (SSSR count). The van der Waals surface area contributed by atoms with Crippen LogP contribution in [0.1, 0.15) is 10.4 Å². The Morgan fingerprint density at radius 2 is 1.79 bits per heavy atom. The van der Waals surface area contributed by atoms with Crippen LogP contribution in [0.4, 0.5) is 0 Å². The number of rotatable bonds is 2. The Morgan fingerprint density at radius 1 is 1.29 bits per heavy atom. The van der Waals surface area contributed by atoms with Gasteiger partial charge in [0.1, 0.15) is 4.90 Å². The van der Waals surface area contributed by atoms with Gasteiger partial charge in [0, 0.05) is 0 Å². The predicted molar refractivity (Wildman–Crippen MR) is 51.9 cm³/mol. The van der Waals surface area contributed by atoms with Crippen LogP contribution in [0.3, 0.4) is 0 Å². The number of hydrogen-bond donors (Lipinski definition) is 2. The van der Waals surface area contributed by atoms with Crippen molar-refractivity contribution < 1.29 is 17.8 Å². The van der Waals surface area contributed by atoms with Crippen LogP contribution in [-0.4, -0.2) is 48.4 Å². The Labute approximate surface area is 103 Å². The predicted octanol–water partition coefficient (Wildman–Crippen LogP) is -0.616. The first-order valence-corrected chi connectivity index (χ1v) is 4.73. The molecule has 0 spiro atoms. The monoisotopic (exact) mass is 225 g/mol. The minimum atomic E-state index is -4.38. The third-order valence-electron chi connectivity index (χ3n) is 1.43. The molecule has 0 unspecified atom stereocenters. The number of primary amides is 1. The zero-order chi connectivity index (χ0) is 10.1. The van der Waals surface area contributed by atoms with E-state index < -0.39 is 20.9 Å². The number of amides is 1. The van der Waals surface area contributed by atoms with E-state index in [9.17, 15) is 13.2 Å². The quantitative estimate of drug-likeness (QED) is 0.518. The van der Waals surface area contributed by atoms with Crippen molar-refractivity contribution in [2.75, 3.05) is 0 Å². The van der Waals surface area contributed by atoms with E-state index in [-0.39, 0.29) is 35.1 Å². The molecular formula is C7H8NNaO4S. The molecule has 0 fully saturated rings. The van der Waals surface area contributed by atoms with Crippen LogP contribution in [0.25, 0.3) is 0 Å². The van der Waals surface area contributed by atoms with Crippen molar-refractivity contribution in [3.05, 3.63) is 29.8 Å². The van der Waals surface area contributed by atoms with E-state index in [1.165, 1.54) is 18.2 Å². The Bertz CT molecular complexity index is 443. The van der Waals surface area contributed by atoms with Crippen molar-refractivity contribution in [1.82, 2.24) is 0 Å². The molecule has 72 valence electrons. The molecule has 1 aromatic rings. The van der Waals surface area contributed by atoms with Crippen LogP contribution >= 0.6 is 0 Å². The molecular weight excluding hydrogens is 217 g/mol. The molecule has 1 aromatic carbocycles. The Morgan fingerprint density at radius 3 is 2.14 bits per heavy atom. The molecule has 0 saturated carbocycles. The van der Waals surface area contributed by atoms with E-state index >= 15 is 0 Å². The summed E-state index contributed by atoms with van der Waals surface area (Å²) < 4.78 is 30.1. The maximum absolute atomic E-state index is 10.7. The summed E-state index contributed by atoms with van der Waals surface area (Å²) in [6, 6.07) is 5.17. The molecule has 0 saturated heterocycles.